The van der Waals surface area contributed by atoms with Crippen LogP contribution in [-0.4, -0.2) is 166 Å². The smallest absolute Gasteiger partial charge is 0.326 e. The van der Waals surface area contributed by atoms with Crippen LogP contribution in [0.15, 0.2) is 65.7 Å². The Bertz CT molecular complexity index is 2550. The van der Waals surface area contributed by atoms with Crippen molar-refractivity contribution in [2.75, 3.05) is 13.1 Å². The van der Waals surface area contributed by atoms with Crippen LogP contribution in [0.25, 0.3) is 0 Å². The highest BCUT2D eigenvalue weighted by Gasteiger charge is 2.41. The largest absolute Gasteiger partial charge is 0.481 e. The lowest BCUT2D eigenvalue weighted by molar-refractivity contribution is -0.146. The fourth-order valence-electron chi connectivity index (χ4n) is 8.34. The van der Waals surface area contributed by atoms with Crippen LogP contribution in [0.2, 0.25) is 0 Å². The summed E-state index contributed by atoms with van der Waals surface area (Å²) in [6, 6.07) is 2.90. The van der Waals surface area contributed by atoms with Gasteiger partial charge in [-0.2, -0.15) is 0 Å². The van der Waals surface area contributed by atoms with E-state index in [9.17, 15) is 67.7 Å². The zero-order valence-electron chi connectivity index (χ0n) is 45.4. The molecule has 0 aromatic heterocycles. The quantitative estimate of drug-likeness (QED) is 0.0190. The van der Waals surface area contributed by atoms with E-state index in [0.29, 0.717) is 11.1 Å². The van der Waals surface area contributed by atoms with Gasteiger partial charge in [0.2, 0.25) is 59.1 Å². The summed E-state index contributed by atoms with van der Waals surface area (Å²) in [5.41, 5.74) is 23.2. The molecule has 3 rings (SSSR count). The maximum absolute atomic E-state index is 14.4. The van der Waals surface area contributed by atoms with Crippen molar-refractivity contribution in [2.24, 2.45) is 33.8 Å². The average molecular weight is 1120 g/mol. The van der Waals surface area contributed by atoms with E-state index in [2.05, 4.69) is 47.5 Å². The molecule has 2 aromatic carbocycles. The summed E-state index contributed by atoms with van der Waals surface area (Å²) in [7, 11) is 0. The molecule has 0 aliphatic carbocycles. The van der Waals surface area contributed by atoms with Crippen molar-refractivity contribution in [3.8, 4) is 0 Å². The molecule has 28 nitrogen and oxygen atoms in total. The molecule has 28 heteroatoms. The van der Waals surface area contributed by atoms with E-state index >= 15 is 0 Å². The molecule has 18 N–H and O–H groups in total. The molecule has 0 bridgehead atoms. The number of carboxylic acids is 2. The van der Waals surface area contributed by atoms with Gasteiger partial charge in [-0.15, -0.1) is 0 Å². The zero-order chi connectivity index (χ0) is 59.8. The number of benzene rings is 2. The first kappa shape index (κ1) is 65.6. The predicted molar refractivity (Wildman–Crippen MR) is 289 cm³/mol. The molecule has 10 atom stereocenters. The van der Waals surface area contributed by atoms with Gasteiger partial charge in [0.05, 0.1) is 18.9 Å². The Labute approximate surface area is 462 Å². The van der Waals surface area contributed by atoms with E-state index in [4.69, 9.17) is 22.9 Å². The number of aliphatic carboxylic acids is 2. The number of likely N-dealkylation sites (tertiary alicyclic amines) is 1. The molecule has 10 amide bonds. The van der Waals surface area contributed by atoms with Gasteiger partial charge in [0.15, 0.2) is 5.96 Å². The third-order valence-corrected chi connectivity index (χ3v) is 12.5. The summed E-state index contributed by atoms with van der Waals surface area (Å²) in [4.78, 5) is 164. The Morgan fingerprint density at radius 2 is 1.05 bits per heavy atom. The lowest BCUT2D eigenvalue weighted by Crippen LogP contribution is -2.61. The number of carboxylic acid groups (broad SMARTS) is 2. The Balaban J connectivity index is 1.87. The van der Waals surface area contributed by atoms with E-state index < -0.39 is 144 Å². The minimum Gasteiger partial charge on any atom is -0.481 e. The van der Waals surface area contributed by atoms with Crippen LogP contribution in [0.3, 0.4) is 0 Å². The lowest BCUT2D eigenvalue weighted by atomic mass is 10.00. The van der Waals surface area contributed by atoms with Gasteiger partial charge in [-0.3, -0.25) is 57.7 Å². The van der Waals surface area contributed by atoms with Crippen LogP contribution in [0, 0.1) is 5.92 Å². The van der Waals surface area contributed by atoms with Crippen molar-refractivity contribution in [3.63, 3.8) is 0 Å². The van der Waals surface area contributed by atoms with E-state index in [1.165, 1.54) is 20.8 Å². The van der Waals surface area contributed by atoms with Crippen molar-refractivity contribution < 1.29 is 67.7 Å². The van der Waals surface area contributed by atoms with Crippen LogP contribution < -0.4 is 65.5 Å². The Kier molecular flexibility index (Phi) is 26.5. The number of hydrogen-bond acceptors (Lipinski definition) is 14. The van der Waals surface area contributed by atoms with Crippen molar-refractivity contribution >= 4 is 77.0 Å². The number of nitrogens with two attached hydrogens (primary N) is 4. The monoisotopic (exact) mass is 1120 g/mol. The first-order valence-electron chi connectivity index (χ1n) is 26.0. The van der Waals surface area contributed by atoms with Crippen LogP contribution in [0.4, 0.5) is 0 Å². The number of hydrogen-bond donors (Lipinski definition) is 14. The topological polar surface area (TPSA) is 461 Å². The molecule has 438 valence electrons. The third kappa shape index (κ3) is 22.3. The predicted octanol–water partition coefficient (Wildman–Crippen LogP) is -3.74. The molecule has 1 aliphatic rings. The lowest BCUT2D eigenvalue weighted by Gasteiger charge is -2.30. The Hall–Kier alpha value is -8.69. The van der Waals surface area contributed by atoms with Gasteiger partial charge >= 0.3 is 11.9 Å². The summed E-state index contributed by atoms with van der Waals surface area (Å²) >= 11 is 0. The molecule has 1 saturated heterocycles. The molecule has 0 spiro atoms. The minimum atomic E-state index is -1.77. The Morgan fingerprint density at radius 3 is 1.57 bits per heavy atom. The molecular weight excluding hydrogens is 1040 g/mol. The summed E-state index contributed by atoms with van der Waals surface area (Å²) in [5.74, 6) is -12.5. The number of carbonyl (C=O) groups is 12. The van der Waals surface area contributed by atoms with Gasteiger partial charge in [0.1, 0.15) is 54.4 Å². The van der Waals surface area contributed by atoms with E-state index in [0.717, 1.165) is 4.90 Å². The average Bonchev–Trinajstić information content (AvgIpc) is 3.88. The highest BCUT2D eigenvalue weighted by molar-refractivity contribution is 6.00. The minimum absolute atomic E-state index is 0.00351. The van der Waals surface area contributed by atoms with Crippen LogP contribution in [0.5, 0.6) is 0 Å². The summed E-state index contributed by atoms with van der Waals surface area (Å²) < 4.78 is 0. The number of carbonyl (C=O) groups excluding carboxylic acids is 10. The zero-order valence-corrected chi connectivity index (χ0v) is 45.4. The number of nitrogens with zero attached hydrogens (tertiary/aromatic N) is 2. The van der Waals surface area contributed by atoms with E-state index in [-0.39, 0.29) is 69.9 Å². The van der Waals surface area contributed by atoms with Crippen molar-refractivity contribution in [2.45, 2.75) is 153 Å². The van der Waals surface area contributed by atoms with Crippen LogP contribution in [0.1, 0.15) is 90.7 Å². The first-order chi connectivity index (χ1) is 37.7. The number of guanidine groups is 1. The van der Waals surface area contributed by atoms with Crippen molar-refractivity contribution in [3.05, 3.63) is 71.8 Å². The van der Waals surface area contributed by atoms with Gasteiger partial charge < -0.3 is 80.6 Å². The second-order valence-corrected chi connectivity index (χ2v) is 19.9. The van der Waals surface area contributed by atoms with Crippen LogP contribution in [-0.2, 0) is 70.4 Å². The second kappa shape index (κ2) is 32.3. The third-order valence-electron chi connectivity index (χ3n) is 12.5. The fraction of sp³-hybridized carbons (Fsp3) is 0.519. The number of rotatable bonds is 32. The van der Waals surface area contributed by atoms with Gasteiger partial charge in [-0.1, -0.05) is 74.5 Å². The number of primary amides is 1. The molecule has 2 aromatic rings. The maximum Gasteiger partial charge on any atom is 0.326 e. The van der Waals surface area contributed by atoms with E-state index in [1.807, 2.05) is 0 Å². The summed E-state index contributed by atoms with van der Waals surface area (Å²) in [6.45, 7) is 7.43. The van der Waals surface area contributed by atoms with Gasteiger partial charge in [0, 0.05) is 25.9 Å². The van der Waals surface area contributed by atoms with Gasteiger partial charge in [-0.25, -0.2) is 4.79 Å². The number of nitrogens with one attached hydrogen (secondary N) is 8. The molecule has 1 fully saturated rings. The van der Waals surface area contributed by atoms with Crippen molar-refractivity contribution in [1.82, 2.24) is 47.4 Å². The summed E-state index contributed by atoms with van der Waals surface area (Å²) in [5, 5.41) is 39.5. The second-order valence-electron chi connectivity index (χ2n) is 19.9. The molecule has 0 saturated carbocycles. The molecule has 0 radical (unpaired) electrons. The molecular formula is C52H76N14O14. The highest BCUT2D eigenvalue weighted by atomic mass is 16.4. The molecule has 1 aliphatic heterocycles. The molecule has 1 heterocycles. The SMILES string of the molecule is CC(C)CC(NC(=O)C(Cc1ccccc1)NC(=O)C(CC(N)=O)NC(=O)C1CCCN1C(=O)C(CC(=O)O)NC(=O)C(C)NC(=O)C(C)NC(=O)C(C)N)C(=O)NC(CCCN=C(N)N)C(=O)NC(Cc1ccccc1)C(=O)O. The van der Waals surface area contributed by atoms with Crippen LogP contribution >= 0.6 is 0 Å². The summed E-state index contributed by atoms with van der Waals surface area (Å²) in [6.07, 6.45) is -1.78. The number of amides is 10. The standard InChI is InChI=1S/C52H76N14O14/c1-27(2)22-34(46(74)60-33(18-12-20-57-52(55)56)45(73)65-38(51(79)80)24-32-16-10-7-11-17-32)61-47(75)35(23-31-14-8-6-9-15-31)62-48(76)36(25-40(54)67)63-49(77)39-19-13-21-66(39)50(78)37(26-41(68)69)64-44(72)30(5)59-43(71)29(4)58-42(70)28(3)53/h6-11,14-17,27-30,33-39H,12-13,18-26,53H2,1-5H3,(H2,54,67)(H,58,70)(H,59,71)(H,60,74)(H,61,75)(H,62,76)(H,63,77)(H,64,72)(H,65,73)(H,68,69)(H,79,80)(H4,55,56,57). The highest BCUT2D eigenvalue weighted by Crippen LogP contribution is 2.20. The molecule has 80 heavy (non-hydrogen) atoms. The Morgan fingerprint density at radius 1 is 0.575 bits per heavy atom. The fourth-order valence-corrected chi connectivity index (χ4v) is 8.34. The van der Waals surface area contributed by atoms with Gasteiger partial charge in [0.25, 0.3) is 0 Å². The normalized spacial score (nSPS) is 16.2. The van der Waals surface area contributed by atoms with Gasteiger partial charge in [-0.05, 0) is 69.9 Å². The first-order valence-corrected chi connectivity index (χ1v) is 26.0. The van der Waals surface area contributed by atoms with Crippen molar-refractivity contribution in [1.29, 1.82) is 0 Å². The number of aliphatic imine (C=N–C) groups is 1. The van der Waals surface area contributed by atoms with E-state index in [1.54, 1.807) is 74.5 Å². The maximum atomic E-state index is 14.4. The molecule has 10 unspecified atom stereocenters.